The van der Waals surface area contributed by atoms with Crippen molar-refractivity contribution in [1.29, 1.82) is 0 Å². The molecule has 114 valence electrons. The summed E-state index contributed by atoms with van der Waals surface area (Å²) >= 11 is 0. The van der Waals surface area contributed by atoms with E-state index in [4.69, 9.17) is 4.74 Å². The van der Waals surface area contributed by atoms with E-state index in [0.717, 1.165) is 17.9 Å². The van der Waals surface area contributed by atoms with Crippen molar-refractivity contribution in [3.63, 3.8) is 0 Å². The maximum absolute atomic E-state index is 12.0. The van der Waals surface area contributed by atoms with Gasteiger partial charge in [-0.25, -0.2) is 8.42 Å². The maximum atomic E-state index is 12.0. The Morgan fingerprint density at radius 1 is 1.15 bits per heavy atom. The molecule has 4 nitrogen and oxygen atoms in total. The van der Waals surface area contributed by atoms with Gasteiger partial charge in [0.1, 0.15) is 5.75 Å². The molecule has 1 unspecified atom stereocenters. The molecule has 0 spiro atoms. The Balaban J connectivity index is 2.84. The molecule has 1 N–H and O–H groups in total. The van der Waals surface area contributed by atoms with Crippen molar-refractivity contribution in [1.82, 2.24) is 5.32 Å². The van der Waals surface area contributed by atoms with Crippen LogP contribution in [0.4, 0.5) is 0 Å². The minimum atomic E-state index is -3.02. The topological polar surface area (TPSA) is 55.4 Å². The standard InChI is InChI=1S/C15H25NO3S/c1-4-11-20(17,18)12-15(16-5-2)13-7-9-14(10-8-13)19-6-3/h7-10,15-16H,4-6,11-12H2,1-3H3. The Morgan fingerprint density at radius 2 is 1.80 bits per heavy atom. The Labute approximate surface area is 122 Å². The van der Waals surface area contributed by atoms with Crippen molar-refractivity contribution in [3.05, 3.63) is 29.8 Å². The normalized spacial score (nSPS) is 13.2. The predicted octanol–water partition coefficient (Wildman–Crippen LogP) is 2.56. The molecule has 0 bridgehead atoms. The summed E-state index contributed by atoms with van der Waals surface area (Å²) in [4.78, 5) is 0. The fourth-order valence-corrected chi connectivity index (χ4v) is 3.74. The average molecular weight is 299 g/mol. The highest BCUT2D eigenvalue weighted by Crippen LogP contribution is 2.20. The van der Waals surface area contributed by atoms with Crippen LogP contribution < -0.4 is 10.1 Å². The summed E-state index contributed by atoms with van der Waals surface area (Å²) in [6.07, 6.45) is 0.657. The van der Waals surface area contributed by atoms with E-state index < -0.39 is 9.84 Å². The molecule has 0 aliphatic rings. The van der Waals surface area contributed by atoms with Crippen LogP contribution in [0.1, 0.15) is 38.8 Å². The lowest BCUT2D eigenvalue weighted by atomic mass is 10.1. The molecule has 0 aliphatic carbocycles. The Morgan fingerprint density at radius 3 is 2.30 bits per heavy atom. The lowest BCUT2D eigenvalue weighted by molar-refractivity contribution is 0.340. The second kappa shape index (κ2) is 8.27. The fourth-order valence-electron chi connectivity index (χ4n) is 2.13. The van der Waals surface area contributed by atoms with E-state index in [1.165, 1.54) is 0 Å². The van der Waals surface area contributed by atoms with Crippen molar-refractivity contribution in [2.75, 3.05) is 24.7 Å². The first-order valence-electron chi connectivity index (χ1n) is 7.19. The highest BCUT2D eigenvalue weighted by molar-refractivity contribution is 7.91. The van der Waals surface area contributed by atoms with Crippen molar-refractivity contribution in [3.8, 4) is 5.75 Å². The van der Waals surface area contributed by atoms with Gasteiger partial charge in [0.2, 0.25) is 0 Å². The predicted molar refractivity (Wildman–Crippen MR) is 83.0 cm³/mol. The summed E-state index contributed by atoms with van der Waals surface area (Å²) in [5, 5.41) is 3.24. The van der Waals surface area contributed by atoms with Crippen molar-refractivity contribution >= 4 is 9.84 Å². The highest BCUT2D eigenvalue weighted by atomic mass is 32.2. The molecule has 20 heavy (non-hydrogen) atoms. The van der Waals surface area contributed by atoms with Gasteiger partial charge in [-0.2, -0.15) is 0 Å². The van der Waals surface area contributed by atoms with Gasteiger partial charge in [0, 0.05) is 11.8 Å². The molecule has 0 radical (unpaired) electrons. The van der Waals surface area contributed by atoms with Crippen LogP contribution in [0.25, 0.3) is 0 Å². The van der Waals surface area contributed by atoms with Gasteiger partial charge in [-0.1, -0.05) is 26.0 Å². The first kappa shape index (κ1) is 17.0. The second-order valence-electron chi connectivity index (χ2n) is 4.73. The van der Waals surface area contributed by atoms with Crippen LogP contribution in [0.2, 0.25) is 0 Å². The minimum Gasteiger partial charge on any atom is -0.494 e. The average Bonchev–Trinajstić information content (AvgIpc) is 2.39. The number of hydrogen-bond acceptors (Lipinski definition) is 4. The molecule has 0 saturated carbocycles. The smallest absolute Gasteiger partial charge is 0.152 e. The Hall–Kier alpha value is -1.07. The van der Waals surface area contributed by atoms with Crippen LogP contribution in [0.15, 0.2) is 24.3 Å². The molecular weight excluding hydrogens is 274 g/mol. The van der Waals surface area contributed by atoms with Crippen LogP contribution in [-0.2, 0) is 9.84 Å². The van der Waals surface area contributed by atoms with Gasteiger partial charge in [-0.3, -0.25) is 0 Å². The largest absolute Gasteiger partial charge is 0.494 e. The van der Waals surface area contributed by atoms with E-state index in [9.17, 15) is 8.42 Å². The Bertz CT molecular complexity index is 482. The van der Waals surface area contributed by atoms with Crippen LogP contribution in [0.5, 0.6) is 5.75 Å². The molecule has 0 saturated heterocycles. The second-order valence-corrected chi connectivity index (χ2v) is 6.96. The van der Waals surface area contributed by atoms with E-state index in [2.05, 4.69) is 5.32 Å². The van der Waals surface area contributed by atoms with Gasteiger partial charge in [-0.15, -0.1) is 0 Å². The van der Waals surface area contributed by atoms with Crippen molar-refractivity contribution in [2.45, 2.75) is 33.2 Å². The molecule has 0 fully saturated rings. The van der Waals surface area contributed by atoms with E-state index in [1.54, 1.807) is 0 Å². The first-order chi connectivity index (χ1) is 9.52. The van der Waals surface area contributed by atoms with E-state index >= 15 is 0 Å². The summed E-state index contributed by atoms with van der Waals surface area (Å²) < 4.78 is 29.4. The lowest BCUT2D eigenvalue weighted by Gasteiger charge is -2.18. The molecule has 0 amide bonds. The molecule has 0 heterocycles. The van der Waals surface area contributed by atoms with Crippen LogP contribution in [-0.4, -0.2) is 33.1 Å². The SMILES string of the molecule is CCCS(=O)(=O)CC(NCC)c1ccc(OCC)cc1. The molecule has 0 aliphatic heterocycles. The van der Waals surface area contributed by atoms with Gasteiger partial charge in [0.05, 0.1) is 12.4 Å². The maximum Gasteiger partial charge on any atom is 0.152 e. The number of sulfone groups is 1. The zero-order valence-electron chi connectivity index (χ0n) is 12.6. The third-order valence-corrected chi connectivity index (χ3v) is 4.85. The number of benzene rings is 1. The van der Waals surface area contributed by atoms with Crippen LogP contribution in [0.3, 0.4) is 0 Å². The summed E-state index contributed by atoms with van der Waals surface area (Å²) in [5.74, 6) is 1.19. The van der Waals surface area contributed by atoms with E-state index in [0.29, 0.717) is 13.0 Å². The summed E-state index contributed by atoms with van der Waals surface area (Å²) in [5.41, 5.74) is 0.981. The first-order valence-corrected chi connectivity index (χ1v) is 9.01. The zero-order valence-corrected chi connectivity index (χ0v) is 13.4. The van der Waals surface area contributed by atoms with Crippen molar-refractivity contribution < 1.29 is 13.2 Å². The van der Waals surface area contributed by atoms with E-state index in [1.807, 2.05) is 45.0 Å². The van der Waals surface area contributed by atoms with Gasteiger partial charge >= 0.3 is 0 Å². The third kappa shape index (κ3) is 5.51. The monoisotopic (exact) mass is 299 g/mol. The molecule has 1 rings (SSSR count). The number of hydrogen-bond donors (Lipinski definition) is 1. The molecule has 1 atom stereocenters. The summed E-state index contributed by atoms with van der Waals surface area (Å²) in [6.45, 7) is 7.16. The van der Waals surface area contributed by atoms with Crippen molar-refractivity contribution in [2.24, 2.45) is 0 Å². The van der Waals surface area contributed by atoms with Gasteiger partial charge in [0.25, 0.3) is 0 Å². The molecule has 1 aromatic rings. The fraction of sp³-hybridized carbons (Fsp3) is 0.600. The molecular formula is C15H25NO3S. The Kier molecular flexibility index (Phi) is 7.02. The molecule has 1 aromatic carbocycles. The van der Waals surface area contributed by atoms with Gasteiger partial charge < -0.3 is 10.1 Å². The van der Waals surface area contributed by atoms with Crippen LogP contribution in [0, 0.1) is 0 Å². The summed E-state index contributed by atoms with van der Waals surface area (Å²) in [6, 6.07) is 7.47. The quantitative estimate of drug-likeness (QED) is 0.761. The summed E-state index contributed by atoms with van der Waals surface area (Å²) in [7, 11) is -3.02. The zero-order chi connectivity index (χ0) is 15.0. The van der Waals surface area contributed by atoms with Gasteiger partial charge in [-0.05, 0) is 37.6 Å². The van der Waals surface area contributed by atoms with Gasteiger partial charge in [0.15, 0.2) is 9.84 Å². The minimum absolute atomic E-state index is 0.142. The highest BCUT2D eigenvalue weighted by Gasteiger charge is 2.19. The third-order valence-electron chi connectivity index (χ3n) is 2.98. The number of ether oxygens (including phenoxy) is 1. The van der Waals surface area contributed by atoms with Crippen LogP contribution >= 0.6 is 0 Å². The molecule has 0 aromatic heterocycles. The molecule has 5 heteroatoms. The number of rotatable bonds is 9. The van der Waals surface area contributed by atoms with E-state index in [-0.39, 0.29) is 17.5 Å². The number of nitrogens with one attached hydrogen (secondary N) is 1. The lowest BCUT2D eigenvalue weighted by Crippen LogP contribution is -2.29.